The summed E-state index contributed by atoms with van der Waals surface area (Å²) < 4.78 is 33.4. The standard InChI is InChI=1S/C44H66N6O11/c1-13-35-44(9)38(49(42(54)61-44)20-15-14-19-48-24-33(45-46-48)31-17-16-18-32(22-31)50(55)56)28(5)36(51)25(2)23-43(8,57-12)39(29(6)37(52)30(7)40(53)59-35)60-41-27(4)34(47(10)11)21-26(3)58-41/h16-18,22,24-30,34-35,38-39,41H,13-15,19-21,23H2,1-12H3/t25-,26-,27+,28+,29+,30-,34+,35-,38+,39-,41+,43+,44-/m1/s1. The van der Waals surface area contributed by atoms with Crippen molar-refractivity contribution in [2.75, 3.05) is 27.7 Å². The molecule has 0 radical (unpaired) electrons. The Balaban J connectivity index is 1.42. The lowest BCUT2D eigenvalue weighted by atomic mass is 9.73. The van der Waals surface area contributed by atoms with Gasteiger partial charge in [0.05, 0.1) is 35.0 Å². The third-order valence-corrected chi connectivity index (χ3v) is 13.5. The number of benzene rings is 1. The monoisotopic (exact) mass is 854 g/mol. The number of rotatable bonds is 12. The smallest absolute Gasteiger partial charge is 0.410 e. The summed E-state index contributed by atoms with van der Waals surface area (Å²) in [5.74, 6) is -4.85. The van der Waals surface area contributed by atoms with Gasteiger partial charge >= 0.3 is 12.1 Å². The van der Waals surface area contributed by atoms with Gasteiger partial charge in [-0.2, -0.15) is 0 Å². The average Bonchev–Trinajstić information content (AvgIpc) is 3.80. The SMILES string of the molecule is CC[C@H]1OC(=O)[C@H](C)C(=O)[C@H](C)[C@@H](O[C@@H]2O[C@H](C)C[C@H](N(C)C)[C@@H]2C)[C@@](C)(OC)C[C@@H](C)C(=O)[C@H](C)[C@@H]2N(CCCCn3cc(-c4cccc([N+](=O)[O-])c4)nn3)C(=O)O[C@@]21C. The molecule has 4 heterocycles. The van der Waals surface area contributed by atoms with Crippen molar-refractivity contribution < 1.29 is 47.8 Å². The van der Waals surface area contributed by atoms with Gasteiger partial charge in [-0.3, -0.25) is 29.2 Å². The van der Waals surface area contributed by atoms with Crippen LogP contribution in [0.1, 0.15) is 94.4 Å². The van der Waals surface area contributed by atoms with Crippen molar-refractivity contribution >= 4 is 29.3 Å². The van der Waals surface area contributed by atoms with Gasteiger partial charge in [-0.05, 0) is 73.9 Å². The number of non-ortho nitro benzene ring substituents is 1. The molecule has 0 N–H and O–H groups in total. The predicted octanol–water partition coefficient (Wildman–Crippen LogP) is 6.11. The lowest BCUT2D eigenvalue weighted by Crippen LogP contribution is -2.59. The number of carbonyl (C=O) groups is 4. The molecule has 1 aromatic heterocycles. The molecular formula is C44H66N6O11. The number of hydrogen-bond donors (Lipinski definition) is 0. The first-order valence-electron chi connectivity index (χ1n) is 21.6. The molecule has 3 saturated heterocycles. The van der Waals surface area contributed by atoms with E-state index in [1.54, 1.807) is 48.7 Å². The fourth-order valence-electron chi connectivity index (χ4n) is 9.91. The highest BCUT2D eigenvalue weighted by Crippen LogP contribution is 2.43. The van der Waals surface area contributed by atoms with Crippen LogP contribution in [0, 0.1) is 39.7 Å². The van der Waals surface area contributed by atoms with Crippen LogP contribution in [0.15, 0.2) is 30.5 Å². The Kier molecular flexibility index (Phi) is 15.2. The van der Waals surface area contributed by atoms with E-state index >= 15 is 0 Å². The molecule has 0 aliphatic carbocycles. The number of nitro groups is 1. The molecule has 5 rings (SSSR count). The number of nitro benzene ring substituents is 1. The van der Waals surface area contributed by atoms with Gasteiger partial charge in [-0.25, -0.2) is 4.79 Å². The number of hydrogen-bond acceptors (Lipinski definition) is 14. The van der Waals surface area contributed by atoms with Gasteiger partial charge in [0.15, 0.2) is 17.7 Å². The molecule has 17 nitrogen and oxygen atoms in total. The lowest BCUT2D eigenvalue weighted by molar-refractivity contribution is -0.384. The van der Waals surface area contributed by atoms with Gasteiger partial charge in [-0.15, -0.1) is 5.10 Å². The Morgan fingerprint density at radius 1 is 1.00 bits per heavy atom. The minimum atomic E-state index is -1.43. The number of esters is 1. The number of methoxy groups -OCH3 is 1. The molecule has 0 bridgehead atoms. The summed E-state index contributed by atoms with van der Waals surface area (Å²) in [6.45, 7) is 16.9. The van der Waals surface area contributed by atoms with Crippen LogP contribution in [-0.4, -0.2) is 129 Å². The third kappa shape index (κ3) is 10.00. The topological polar surface area (TPSA) is 195 Å². The molecule has 0 spiro atoms. The molecule has 1 amide bonds. The Bertz CT molecular complexity index is 1910. The molecule has 1 aromatic carbocycles. The molecule has 17 heteroatoms. The van der Waals surface area contributed by atoms with Gasteiger partial charge in [0.25, 0.3) is 5.69 Å². The van der Waals surface area contributed by atoms with Crippen molar-refractivity contribution in [2.45, 2.75) is 149 Å². The van der Waals surface area contributed by atoms with E-state index in [2.05, 4.69) is 22.1 Å². The van der Waals surface area contributed by atoms with E-state index in [9.17, 15) is 29.3 Å². The van der Waals surface area contributed by atoms with Gasteiger partial charge in [0.2, 0.25) is 0 Å². The quantitative estimate of drug-likeness (QED) is 0.0780. The van der Waals surface area contributed by atoms with E-state index in [1.165, 1.54) is 26.2 Å². The number of ether oxygens (including phenoxy) is 5. The number of ketones is 2. The minimum absolute atomic E-state index is 0.0485. The van der Waals surface area contributed by atoms with Crippen molar-refractivity contribution in [1.82, 2.24) is 24.8 Å². The summed E-state index contributed by atoms with van der Waals surface area (Å²) >= 11 is 0. The second-order valence-electron chi connectivity index (χ2n) is 18.1. The molecule has 61 heavy (non-hydrogen) atoms. The van der Waals surface area contributed by atoms with E-state index in [0.717, 1.165) is 6.42 Å². The van der Waals surface area contributed by atoms with Crippen LogP contribution in [0.25, 0.3) is 11.3 Å². The van der Waals surface area contributed by atoms with Crippen LogP contribution in [-0.2, 0) is 44.6 Å². The van der Waals surface area contributed by atoms with E-state index in [4.69, 9.17) is 23.7 Å². The maximum absolute atomic E-state index is 14.8. The Morgan fingerprint density at radius 3 is 2.33 bits per heavy atom. The van der Waals surface area contributed by atoms with Crippen molar-refractivity contribution in [3.05, 3.63) is 40.6 Å². The lowest BCUT2D eigenvalue weighted by Gasteiger charge is -2.47. The molecule has 3 aliphatic heterocycles. The van der Waals surface area contributed by atoms with Crippen LogP contribution in [0.3, 0.4) is 0 Å². The first-order valence-corrected chi connectivity index (χ1v) is 21.6. The van der Waals surface area contributed by atoms with Crippen molar-refractivity contribution in [3.8, 4) is 11.3 Å². The molecule has 3 aliphatic rings. The summed E-state index contributed by atoms with van der Waals surface area (Å²) in [6, 6.07) is 5.48. The molecular weight excluding hydrogens is 789 g/mol. The maximum Gasteiger partial charge on any atom is 0.410 e. The average molecular weight is 855 g/mol. The highest BCUT2D eigenvalue weighted by atomic mass is 16.7. The zero-order valence-electron chi connectivity index (χ0n) is 37.9. The highest BCUT2D eigenvalue weighted by molar-refractivity contribution is 6.00. The number of unbranched alkanes of at least 4 members (excludes halogenated alkanes) is 1. The molecule has 0 unspecified atom stereocenters. The number of carbonyl (C=O) groups excluding carboxylic acids is 4. The van der Waals surface area contributed by atoms with Crippen LogP contribution in [0.5, 0.6) is 0 Å². The molecule has 0 saturated carbocycles. The number of amides is 1. The highest BCUT2D eigenvalue weighted by Gasteiger charge is 2.60. The summed E-state index contributed by atoms with van der Waals surface area (Å²) in [5, 5.41) is 19.7. The van der Waals surface area contributed by atoms with Gasteiger partial charge in [-0.1, -0.05) is 52.0 Å². The molecule has 2 aromatic rings. The zero-order valence-corrected chi connectivity index (χ0v) is 37.9. The normalized spacial score (nSPS) is 35.4. The number of nitrogens with zero attached hydrogens (tertiary/aromatic N) is 6. The second kappa shape index (κ2) is 19.4. The minimum Gasteiger partial charge on any atom is -0.458 e. The number of fused-ring (bicyclic) bond motifs is 1. The zero-order chi connectivity index (χ0) is 45.1. The van der Waals surface area contributed by atoms with Crippen LogP contribution in [0.2, 0.25) is 0 Å². The number of cyclic esters (lactones) is 1. The van der Waals surface area contributed by atoms with Crippen molar-refractivity contribution in [1.29, 1.82) is 0 Å². The summed E-state index contributed by atoms with van der Waals surface area (Å²) in [4.78, 5) is 71.6. The van der Waals surface area contributed by atoms with Crippen LogP contribution < -0.4 is 0 Å². The van der Waals surface area contributed by atoms with E-state index in [1.807, 2.05) is 41.8 Å². The van der Waals surface area contributed by atoms with Gasteiger partial charge in [0, 0.05) is 67.6 Å². The third-order valence-electron chi connectivity index (χ3n) is 13.5. The fourth-order valence-corrected chi connectivity index (χ4v) is 9.91. The fraction of sp³-hybridized carbons (Fsp3) is 0.727. The van der Waals surface area contributed by atoms with Gasteiger partial charge in [0.1, 0.15) is 23.5 Å². The molecule has 338 valence electrons. The predicted molar refractivity (Wildman–Crippen MR) is 224 cm³/mol. The second-order valence-corrected chi connectivity index (χ2v) is 18.1. The van der Waals surface area contributed by atoms with Crippen molar-refractivity contribution in [3.63, 3.8) is 0 Å². The van der Waals surface area contributed by atoms with E-state index in [0.29, 0.717) is 30.6 Å². The summed E-state index contributed by atoms with van der Waals surface area (Å²) in [5.41, 5.74) is -1.62. The molecule has 13 atom stereocenters. The summed E-state index contributed by atoms with van der Waals surface area (Å²) in [7, 11) is 5.57. The van der Waals surface area contributed by atoms with Crippen LogP contribution >= 0.6 is 0 Å². The van der Waals surface area contributed by atoms with E-state index in [-0.39, 0.29) is 48.9 Å². The maximum atomic E-state index is 14.8. The number of Topliss-reactive ketones (excluding diaryl/α,β-unsaturated/α-hetero) is 2. The number of aromatic nitrogens is 3. The Hall–Kier alpha value is -4.32. The first-order chi connectivity index (χ1) is 28.7. The van der Waals surface area contributed by atoms with Crippen molar-refractivity contribution in [2.24, 2.45) is 29.6 Å². The Labute approximate surface area is 359 Å². The van der Waals surface area contributed by atoms with Crippen LogP contribution in [0.4, 0.5) is 10.5 Å². The first kappa shape index (κ1) is 47.7. The Morgan fingerprint density at radius 2 is 1.69 bits per heavy atom. The molecule has 3 fully saturated rings. The largest absolute Gasteiger partial charge is 0.458 e. The number of aryl methyl sites for hydroxylation is 1. The van der Waals surface area contributed by atoms with E-state index < -0.39 is 82.2 Å². The summed E-state index contributed by atoms with van der Waals surface area (Å²) in [6.07, 6.45) is 0.664. The van der Waals surface area contributed by atoms with Gasteiger partial charge < -0.3 is 33.5 Å².